The van der Waals surface area contributed by atoms with Crippen LogP contribution in [-0.4, -0.2) is 68.5 Å². The van der Waals surface area contributed by atoms with Crippen molar-refractivity contribution in [3.63, 3.8) is 0 Å². The quantitative estimate of drug-likeness (QED) is 0.203. The molecule has 0 aromatic carbocycles. The first-order chi connectivity index (χ1) is 18.9. The van der Waals surface area contributed by atoms with E-state index in [1.165, 1.54) is 0 Å². The molecule has 0 saturated carbocycles. The molecule has 40 heavy (non-hydrogen) atoms. The first-order valence-corrected chi connectivity index (χ1v) is 17.3. The van der Waals surface area contributed by atoms with E-state index in [2.05, 4.69) is 40.2 Å². The average molecular weight is 560 g/mol. The number of fused-ring (bicyclic) bond motifs is 2. The van der Waals surface area contributed by atoms with E-state index in [1.807, 2.05) is 56.1 Å². The van der Waals surface area contributed by atoms with E-state index >= 15 is 0 Å². The van der Waals surface area contributed by atoms with Crippen molar-refractivity contribution in [2.45, 2.75) is 70.7 Å². The minimum Gasteiger partial charge on any atom is -0.444 e. The highest BCUT2D eigenvalue weighted by atomic mass is 28.3. The van der Waals surface area contributed by atoms with E-state index < -0.39 is 19.2 Å². The van der Waals surface area contributed by atoms with Gasteiger partial charge in [0.25, 0.3) is 0 Å². The Kier molecular flexibility index (Phi) is 7.18. The number of carbonyl (C=O) groups excluding carboxylic acids is 1. The summed E-state index contributed by atoms with van der Waals surface area (Å²) in [6, 6.07) is 7.43. The molecule has 4 aromatic rings. The van der Waals surface area contributed by atoms with Gasteiger partial charge in [0.2, 0.25) is 0 Å². The molecule has 5 heterocycles. The lowest BCUT2D eigenvalue weighted by Gasteiger charge is -2.50. The zero-order valence-corrected chi connectivity index (χ0v) is 25.1. The Balaban J connectivity index is 1.49. The fourth-order valence-electron chi connectivity index (χ4n) is 5.14. The molecule has 0 unspecified atom stereocenters. The van der Waals surface area contributed by atoms with Crippen molar-refractivity contribution in [1.82, 2.24) is 29.0 Å². The summed E-state index contributed by atoms with van der Waals surface area (Å²) in [5.74, 6) is 0. The fourth-order valence-corrected chi connectivity index (χ4v) is 5.89. The van der Waals surface area contributed by atoms with Crippen LogP contribution in [-0.2, 0) is 21.7 Å². The number of pyridine rings is 1. The Hall–Kier alpha value is -3.75. The van der Waals surface area contributed by atoms with Crippen LogP contribution in [0.25, 0.3) is 33.2 Å². The number of ether oxygens (including phenoxy) is 2. The molecule has 0 N–H and O–H groups in total. The zero-order chi connectivity index (χ0) is 28.7. The van der Waals surface area contributed by atoms with Gasteiger partial charge in [0.05, 0.1) is 48.5 Å². The third-order valence-corrected chi connectivity index (χ3v) is 8.89. The van der Waals surface area contributed by atoms with Gasteiger partial charge in [-0.05, 0) is 38.9 Å². The van der Waals surface area contributed by atoms with Gasteiger partial charge in [-0.3, -0.25) is 4.98 Å². The van der Waals surface area contributed by atoms with Gasteiger partial charge in [0, 0.05) is 49.6 Å². The van der Waals surface area contributed by atoms with E-state index in [0.29, 0.717) is 19.8 Å². The molecule has 0 radical (unpaired) electrons. The Morgan fingerprint density at radius 2 is 1.95 bits per heavy atom. The number of rotatable bonds is 8. The van der Waals surface area contributed by atoms with Crippen LogP contribution >= 0.6 is 0 Å². The van der Waals surface area contributed by atoms with E-state index in [1.54, 1.807) is 17.4 Å². The molecule has 1 aliphatic rings. The molecule has 0 spiro atoms. The maximum absolute atomic E-state index is 12.7. The smallest absolute Gasteiger partial charge is 0.410 e. The second-order valence-electron chi connectivity index (χ2n) is 12.8. The van der Waals surface area contributed by atoms with Crippen molar-refractivity contribution in [2.24, 2.45) is 0 Å². The minimum absolute atomic E-state index is 0.245. The van der Waals surface area contributed by atoms with Crippen LogP contribution in [0.4, 0.5) is 4.79 Å². The molecule has 10 nitrogen and oxygen atoms in total. The van der Waals surface area contributed by atoms with Crippen LogP contribution in [0.1, 0.15) is 27.2 Å². The van der Waals surface area contributed by atoms with Crippen molar-refractivity contribution >= 4 is 36.1 Å². The third-order valence-electron chi connectivity index (χ3n) is 7.19. The van der Waals surface area contributed by atoms with E-state index in [9.17, 15) is 10.1 Å². The molecule has 1 aliphatic heterocycles. The van der Waals surface area contributed by atoms with Crippen LogP contribution in [0.2, 0.25) is 25.7 Å². The van der Waals surface area contributed by atoms with Gasteiger partial charge in [0.1, 0.15) is 24.3 Å². The van der Waals surface area contributed by atoms with Crippen LogP contribution in [0, 0.1) is 11.3 Å². The molecule has 0 aliphatic carbocycles. The van der Waals surface area contributed by atoms with E-state index in [4.69, 9.17) is 14.5 Å². The second-order valence-corrected chi connectivity index (χ2v) is 18.4. The summed E-state index contributed by atoms with van der Waals surface area (Å²) in [7, 11) is -1.17. The first-order valence-electron chi connectivity index (χ1n) is 13.6. The molecular formula is C29H37N7O3Si. The van der Waals surface area contributed by atoms with Crippen LogP contribution < -0.4 is 0 Å². The highest BCUT2D eigenvalue weighted by Gasteiger charge is 2.48. The lowest BCUT2D eigenvalue weighted by molar-refractivity contribution is -0.0262. The Labute approximate surface area is 235 Å². The van der Waals surface area contributed by atoms with Crippen LogP contribution in [0.5, 0.6) is 0 Å². The van der Waals surface area contributed by atoms with Gasteiger partial charge >= 0.3 is 6.09 Å². The molecule has 11 heteroatoms. The summed E-state index contributed by atoms with van der Waals surface area (Å²) in [5, 5.41) is 11.7. The summed E-state index contributed by atoms with van der Waals surface area (Å²) < 4.78 is 15.7. The first kappa shape index (κ1) is 27.8. The predicted molar refractivity (Wildman–Crippen MR) is 156 cm³/mol. The zero-order valence-electron chi connectivity index (χ0n) is 24.1. The van der Waals surface area contributed by atoms with Crippen molar-refractivity contribution in [1.29, 1.82) is 5.26 Å². The molecule has 0 atom stereocenters. The van der Waals surface area contributed by atoms with Gasteiger partial charge in [-0.25, -0.2) is 14.8 Å². The summed E-state index contributed by atoms with van der Waals surface area (Å²) in [5.41, 5.74) is 2.24. The van der Waals surface area contributed by atoms with E-state index in [-0.39, 0.29) is 12.5 Å². The third kappa shape index (κ3) is 5.46. The monoisotopic (exact) mass is 559 g/mol. The number of hydrogen-bond acceptors (Lipinski definition) is 7. The second kappa shape index (κ2) is 10.3. The Morgan fingerprint density at radius 3 is 2.65 bits per heavy atom. The summed E-state index contributed by atoms with van der Waals surface area (Å²) in [6.45, 7) is 14.5. The normalized spacial score (nSPS) is 15.3. The van der Waals surface area contributed by atoms with Crippen molar-refractivity contribution in [2.75, 3.05) is 19.7 Å². The summed E-state index contributed by atoms with van der Waals surface area (Å²) in [6.07, 6.45) is 9.05. The molecular weight excluding hydrogens is 522 g/mol. The molecule has 0 bridgehead atoms. The van der Waals surface area contributed by atoms with Gasteiger partial charge in [0.15, 0.2) is 0 Å². The van der Waals surface area contributed by atoms with Gasteiger partial charge in [-0.15, -0.1) is 0 Å². The molecule has 4 aromatic heterocycles. The average Bonchev–Trinajstić information content (AvgIpc) is 3.44. The number of amides is 1. The molecule has 1 fully saturated rings. The lowest BCUT2D eigenvalue weighted by Crippen LogP contribution is -2.64. The van der Waals surface area contributed by atoms with E-state index in [0.717, 1.165) is 45.8 Å². The molecule has 210 valence electrons. The number of nitrogens with zero attached hydrogens (tertiary/aromatic N) is 7. The van der Waals surface area contributed by atoms with Crippen molar-refractivity contribution in [3.05, 3.63) is 43.2 Å². The summed E-state index contributed by atoms with van der Waals surface area (Å²) >= 11 is 0. The highest BCUT2D eigenvalue weighted by Crippen LogP contribution is 2.41. The number of likely N-dealkylation sites (tertiary alicyclic amines) is 1. The predicted octanol–water partition coefficient (Wildman–Crippen LogP) is 5.62. The van der Waals surface area contributed by atoms with Gasteiger partial charge < -0.3 is 23.5 Å². The van der Waals surface area contributed by atoms with Crippen molar-refractivity contribution < 1.29 is 14.3 Å². The largest absolute Gasteiger partial charge is 0.444 e. The maximum Gasteiger partial charge on any atom is 0.410 e. The van der Waals surface area contributed by atoms with Crippen LogP contribution in [0.15, 0.2) is 43.2 Å². The molecule has 1 amide bonds. The van der Waals surface area contributed by atoms with Crippen LogP contribution in [0.3, 0.4) is 0 Å². The molecule has 5 rings (SSSR count). The number of aromatic nitrogens is 5. The van der Waals surface area contributed by atoms with Crippen molar-refractivity contribution in [3.8, 4) is 17.3 Å². The lowest BCUT2D eigenvalue weighted by atomic mass is 9.86. The topological polar surface area (TPSA) is 111 Å². The highest BCUT2D eigenvalue weighted by molar-refractivity contribution is 6.76. The van der Waals surface area contributed by atoms with Gasteiger partial charge in [-0.2, -0.15) is 5.26 Å². The standard InChI is InChI=1S/C29H37N7O3Si/c1-28(2,3)39-27(37)35-17-29(18-35,9-10-30)36-16-23(21-7-11-31-15-24(21)36)25-22-8-12-34(26(22)33-19-32-25)20-38-13-14-40(4,5)6/h7-8,11-12,15-16,19H,9,13-14,17-18,20H2,1-6H3. The number of nitriles is 1. The van der Waals surface area contributed by atoms with Gasteiger partial charge in [-0.1, -0.05) is 19.6 Å². The Bertz CT molecular complexity index is 1580. The fraction of sp³-hybridized carbons (Fsp3) is 0.483. The summed E-state index contributed by atoms with van der Waals surface area (Å²) in [4.78, 5) is 28.0. The number of hydrogen-bond donors (Lipinski definition) is 0. The number of carbonyl (C=O) groups is 1. The SMILES string of the molecule is CC(C)(C)OC(=O)N1CC(CC#N)(n2cc(-c3ncnc4c3ccn4COCC[Si](C)(C)C)c3ccncc32)C1. The maximum atomic E-state index is 12.7. The minimum atomic E-state index is -1.17. The molecule has 1 saturated heterocycles. The Morgan fingerprint density at radius 1 is 1.18 bits per heavy atom.